The zero-order valence-corrected chi connectivity index (χ0v) is 12.7. The highest BCUT2D eigenvalue weighted by Crippen LogP contribution is 2.20. The van der Waals surface area contributed by atoms with Gasteiger partial charge in [-0.2, -0.15) is 0 Å². The number of hydrogen-bond acceptors (Lipinski definition) is 4. The lowest BCUT2D eigenvalue weighted by atomic mass is 9.98. The van der Waals surface area contributed by atoms with Crippen molar-refractivity contribution in [2.75, 3.05) is 26.9 Å². The Balaban J connectivity index is 1.95. The maximum Gasteiger partial charge on any atom is 0.236 e. The van der Waals surface area contributed by atoms with Gasteiger partial charge in [0.25, 0.3) is 0 Å². The molecule has 5 nitrogen and oxygen atoms in total. The molecule has 5 heteroatoms. The fraction of sp³-hybridized carbons (Fsp3) is 0.933. The van der Waals surface area contributed by atoms with Gasteiger partial charge < -0.3 is 20.5 Å². The molecule has 1 amide bonds. The Hall–Kier alpha value is -0.650. The van der Waals surface area contributed by atoms with E-state index < -0.39 is 6.04 Å². The number of hydrogen-bond donors (Lipinski definition) is 2. The predicted octanol–water partition coefficient (Wildman–Crippen LogP) is 1.60. The Bertz CT molecular complexity index is 256. The van der Waals surface area contributed by atoms with Crippen LogP contribution < -0.4 is 11.1 Å². The highest BCUT2D eigenvalue weighted by molar-refractivity contribution is 5.81. The van der Waals surface area contributed by atoms with Crippen LogP contribution in [0.2, 0.25) is 0 Å². The molecule has 0 aliphatic heterocycles. The minimum atomic E-state index is -0.426. The number of amides is 1. The molecule has 0 heterocycles. The van der Waals surface area contributed by atoms with E-state index in [1.165, 1.54) is 32.1 Å². The molecular formula is C15H30N2O3. The van der Waals surface area contributed by atoms with E-state index in [1.807, 2.05) is 0 Å². The summed E-state index contributed by atoms with van der Waals surface area (Å²) in [7, 11) is 1.65. The third-order valence-electron chi connectivity index (χ3n) is 3.73. The standard InChI is InChI=1S/C15H30N2O3/c1-19-11-5-9-14(16)15(18)17-10-6-12-20-13-7-3-2-4-8-13/h13-14H,2-12,16H2,1H3,(H,17,18). The monoisotopic (exact) mass is 286 g/mol. The van der Waals surface area contributed by atoms with Gasteiger partial charge in [-0.25, -0.2) is 0 Å². The van der Waals surface area contributed by atoms with Gasteiger partial charge in [0.1, 0.15) is 0 Å². The maximum absolute atomic E-state index is 11.7. The normalized spacial score (nSPS) is 17.9. The zero-order chi connectivity index (χ0) is 14.6. The predicted molar refractivity (Wildman–Crippen MR) is 79.5 cm³/mol. The first-order valence-electron chi connectivity index (χ1n) is 7.88. The van der Waals surface area contributed by atoms with Crippen molar-refractivity contribution in [3.63, 3.8) is 0 Å². The molecule has 1 rings (SSSR count). The zero-order valence-electron chi connectivity index (χ0n) is 12.7. The lowest BCUT2D eigenvalue weighted by Gasteiger charge is -2.22. The Morgan fingerprint density at radius 2 is 2.00 bits per heavy atom. The van der Waals surface area contributed by atoms with Gasteiger partial charge in [0, 0.05) is 26.9 Å². The highest BCUT2D eigenvalue weighted by atomic mass is 16.5. The van der Waals surface area contributed by atoms with Crippen molar-refractivity contribution in [3.05, 3.63) is 0 Å². The van der Waals surface area contributed by atoms with Crippen LogP contribution in [0.15, 0.2) is 0 Å². The molecule has 1 fully saturated rings. The molecule has 1 aliphatic carbocycles. The van der Waals surface area contributed by atoms with E-state index in [-0.39, 0.29) is 5.91 Å². The van der Waals surface area contributed by atoms with E-state index in [0.717, 1.165) is 19.4 Å². The average molecular weight is 286 g/mol. The molecule has 1 unspecified atom stereocenters. The van der Waals surface area contributed by atoms with E-state index in [9.17, 15) is 4.79 Å². The summed E-state index contributed by atoms with van der Waals surface area (Å²) in [6, 6.07) is -0.426. The lowest BCUT2D eigenvalue weighted by Crippen LogP contribution is -2.41. The first kappa shape index (κ1) is 17.4. The van der Waals surface area contributed by atoms with E-state index in [0.29, 0.717) is 25.7 Å². The van der Waals surface area contributed by atoms with Crippen LogP contribution in [0.4, 0.5) is 0 Å². The second kappa shape index (κ2) is 11.1. The molecule has 0 aromatic rings. The van der Waals surface area contributed by atoms with E-state index in [4.69, 9.17) is 15.2 Å². The topological polar surface area (TPSA) is 73.6 Å². The van der Waals surface area contributed by atoms with Gasteiger partial charge in [0.2, 0.25) is 5.91 Å². The number of methoxy groups -OCH3 is 1. The van der Waals surface area contributed by atoms with Crippen molar-refractivity contribution in [2.24, 2.45) is 5.73 Å². The van der Waals surface area contributed by atoms with Gasteiger partial charge in [-0.05, 0) is 32.1 Å². The third-order valence-corrected chi connectivity index (χ3v) is 3.73. The molecule has 0 aromatic carbocycles. The van der Waals surface area contributed by atoms with Crippen LogP contribution in [0.25, 0.3) is 0 Å². The Morgan fingerprint density at radius 3 is 2.70 bits per heavy atom. The van der Waals surface area contributed by atoms with Crippen LogP contribution in [-0.2, 0) is 14.3 Å². The summed E-state index contributed by atoms with van der Waals surface area (Å²) in [6.07, 6.45) is 9.08. The molecule has 1 saturated carbocycles. The van der Waals surface area contributed by atoms with Gasteiger partial charge in [0.05, 0.1) is 12.1 Å². The fourth-order valence-corrected chi connectivity index (χ4v) is 2.48. The molecule has 0 saturated heterocycles. The summed E-state index contributed by atoms with van der Waals surface area (Å²) in [4.78, 5) is 11.7. The van der Waals surface area contributed by atoms with Crippen molar-refractivity contribution in [2.45, 2.75) is 63.5 Å². The largest absolute Gasteiger partial charge is 0.385 e. The first-order valence-corrected chi connectivity index (χ1v) is 7.88. The van der Waals surface area contributed by atoms with Crippen LogP contribution in [0.1, 0.15) is 51.4 Å². The van der Waals surface area contributed by atoms with Gasteiger partial charge in [-0.3, -0.25) is 4.79 Å². The smallest absolute Gasteiger partial charge is 0.236 e. The van der Waals surface area contributed by atoms with Crippen LogP contribution in [0.3, 0.4) is 0 Å². The summed E-state index contributed by atoms with van der Waals surface area (Å²) < 4.78 is 10.7. The second-order valence-electron chi connectivity index (χ2n) is 5.52. The van der Waals surface area contributed by atoms with Gasteiger partial charge in [-0.15, -0.1) is 0 Å². The molecule has 0 spiro atoms. The molecule has 0 radical (unpaired) electrons. The van der Waals surface area contributed by atoms with Gasteiger partial charge in [0.15, 0.2) is 0 Å². The number of carbonyl (C=O) groups is 1. The van der Waals surface area contributed by atoms with Gasteiger partial charge in [-0.1, -0.05) is 19.3 Å². The Labute approximate surface area is 122 Å². The Kier molecular flexibility index (Phi) is 9.62. The summed E-state index contributed by atoms with van der Waals surface area (Å²) in [5, 5.41) is 2.86. The summed E-state index contributed by atoms with van der Waals surface area (Å²) >= 11 is 0. The van der Waals surface area contributed by atoms with Crippen molar-refractivity contribution in [1.82, 2.24) is 5.32 Å². The minimum Gasteiger partial charge on any atom is -0.385 e. The number of nitrogens with two attached hydrogens (primary N) is 1. The Morgan fingerprint density at radius 1 is 1.25 bits per heavy atom. The molecule has 20 heavy (non-hydrogen) atoms. The van der Waals surface area contributed by atoms with Crippen LogP contribution >= 0.6 is 0 Å². The number of carbonyl (C=O) groups excluding carboxylic acids is 1. The second-order valence-corrected chi connectivity index (χ2v) is 5.52. The molecule has 0 bridgehead atoms. The summed E-state index contributed by atoms with van der Waals surface area (Å²) in [6.45, 7) is 2.02. The van der Waals surface area contributed by atoms with Crippen molar-refractivity contribution in [3.8, 4) is 0 Å². The average Bonchev–Trinajstić information content (AvgIpc) is 2.48. The van der Waals surface area contributed by atoms with E-state index >= 15 is 0 Å². The van der Waals surface area contributed by atoms with Gasteiger partial charge >= 0.3 is 0 Å². The van der Waals surface area contributed by atoms with Crippen LogP contribution in [0, 0.1) is 0 Å². The highest BCUT2D eigenvalue weighted by Gasteiger charge is 2.14. The number of ether oxygens (including phenoxy) is 2. The number of rotatable bonds is 10. The summed E-state index contributed by atoms with van der Waals surface area (Å²) in [5.74, 6) is -0.0706. The van der Waals surface area contributed by atoms with E-state index in [1.54, 1.807) is 7.11 Å². The lowest BCUT2D eigenvalue weighted by molar-refractivity contribution is -0.122. The minimum absolute atomic E-state index is 0.0706. The van der Waals surface area contributed by atoms with Crippen LogP contribution in [0.5, 0.6) is 0 Å². The molecule has 1 atom stereocenters. The van der Waals surface area contributed by atoms with Crippen molar-refractivity contribution < 1.29 is 14.3 Å². The van der Waals surface area contributed by atoms with Crippen molar-refractivity contribution >= 4 is 5.91 Å². The fourth-order valence-electron chi connectivity index (χ4n) is 2.48. The molecule has 118 valence electrons. The van der Waals surface area contributed by atoms with E-state index in [2.05, 4.69) is 5.32 Å². The molecule has 3 N–H and O–H groups in total. The van der Waals surface area contributed by atoms with Crippen LogP contribution in [-0.4, -0.2) is 44.9 Å². The molecular weight excluding hydrogens is 256 g/mol. The third kappa shape index (κ3) is 7.82. The molecule has 1 aliphatic rings. The quantitative estimate of drug-likeness (QED) is 0.598. The van der Waals surface area contributed by atoms with Crippen molar-refractivity contribution in [1.29, 1.82) is 0 Å². The maximum atomic E-state index is 11.7. The molecule has 0 aromatic heterocycles. The first-order chi connectivity index (χ1) is 9.74. The SMILES string of the molecule is COCCCC(N)C(=O)NCCCOC1CCCCC1. The number of nitrogens with one attached hydrogen (secondary N) is 1. The summed E-state index contributed by atoms with van der Waals surface area (Å²) in [5.41, 5.74) is 5.79.